The van der Waals surface area contributed by atoms with Crippen molar-refractivity contribution in [3.63, 3.8) is 0 Å². The van der Waals surface area contributed by atoms with Crippen LogP contribution in [0.2, 0.25) is 0 Å². The summed E-state index contributed by atoms with van der Waals surface area (Å²) < 4.78 is 24.5. The van der Waals surface area contributed by atoms with Crippen molar-refractivity contribution in [3.8, 4) is 5.75 Å². The van der Waals surface area contributed by atoms with Crippen LogP contribution in [0.4, 0.5) is 11.5 Å². The van der Waals surface area contributed by atoms with Gasteiger partial charge in [-0.05, 0) is 43.1 Å². The predicted octanol–water partition coefficient (Wildman–Crippen LogP) is 1.48. The highest BCUT2D eigenvalue weighted by atomic mass is 32.2. The smallest absolute Gasteiger partial charge is 0.269 e. The molecule has 5 rings (SSSR count). The summed E-state index contributed by atoms with van der Waals surface area (Å²) in [6, 6.07) is 6.01. The number of H-pyrrole nitrogens is 1. The summed E-state index contributed by atoms with van der Waals surface area (Å²) in [7, 11) is 1.65. The lowest BCUT2D eigenvalue weighted by molar-refractivity contribution is 0.253. The van der Waals surface area contributed by atoms with Crippen LogP contribution in [0.15, 0.2) is 45.7 Å². The Morgan fingerprint density at radius 3 is 2.85 bits per heavy atom. The normalized spacial score (nSPS) is 18.7. The predicted molar refractivity (Wildman–Crippen MR) is 135 cm³/mol. The molecule has 0 spiro atoms. The molecular formula is C22H27N9O2S. The Bertz CT molecular complexity index is 1260. The molecule has 4 N–H and O–H groups in total. The van der Waals surface area contributed by atoms with Gasteiger partial charge in [-0.25, -0.2) is 14.2 Å². The van der Waals surface area contributed by atoms with Crippen LogP contribution in [-0.2, 0) is 17.6 Å². The number of piperazine rings is 1. The molecule has 11 nitrogen and oxygen atoms in total. The number of hydrogen-bond acceptors (Lipinski definition) is 8. The standard InChI is InChI=1S/C22H27N9O2S/c1-33-19-13-24-14-26-22(19)31-9-7-30(8-10-31)6-2-3-15-12-25-18-5-4-16(11-17(15)18)27-21-20(23)28-34(32)29-21/h4-5,11-14,25H,2-3,6-10H2,1H3,(H2,23,28)(H,27,29). The zero-order valence-electron chi connectivity index (χ0n) is 18.9. The maximum Gasteiger partial charge on any atom is 0.269 e. The zero-order valence-corrected chi connectivity index (χ0v) is 19.7. The van der Waals surface area contributed by atoms with E-state index in [1.807, 2.05) is 12.1 Å². The molecule has 2 aliphatic rings. The minimum atomic E-state index is -1.64. The Morgan fingerprint density at radius 1 is 1.24 bits per heavy atom. The Hall–Kier alpha value is -3.51. The van der Waals surface area contributed by atoms with E-state index in [9.17, 15) is 4.21 Å². The second-order valence-corrected chi connectivity index (χ2v) is 9.02. The fourth-order valence-corrected chi connectivity index (χ4v) is 4.92. The van der Waals surface area contributed by atoms with Gasteiger partial charge in [0.1, 0.15) is 6.33 Å². The van der Waals surface area contributed by atoms with Crippen molar-refractivity contribution < 1.29 is 8.95 Å². The van der Waals surface area contributed by atoms with Gasteiger partial charge < -0.3 is 25.7 Å². The molecule has 34 heavy (non-hydrogen) atoms. The lowest BCUT2D eigenvalue weighted by Gasteiger charge is -2.35. The summed E-state index contributed by atoms with van der Waals surface area (Å²) in [6.07, 6.45) is 7.38. The van der Waals surface area contributed by atoms with E-state index in [0.29, 0.717) is 11.6 Å². The summed E-state index contributed by atoms with van der Waals surface area (Å²) in [5, 5.41) is 4.27. The minimum absolute atomic E-state index is 0.158. The van der Waals surface area contributed by atoms with Crippen LogP contribution in [0.5, 0.6) is 5.75 Å². The molecule has 178 valence electrons. The summed E-state index contributed by atoms with van der Waals surface area (Å²) in [5.41, 5.74) is 8.94. The number of ether oxygens (including phenoxy) is 1. The average Bonchev–Trinajstić information content (AvgIpc) is 3.40. The Balaban J connectivity index is 1.16. The van der Waals surface area contributed by atoms with Crippen molar-refractivity contribution in [1.29, 1.82) is 0 Å². The number of fused-ring (bicyclic) bond motifs is 1. The largest absolute Gasteiger partial charge is 0.491 e. The first-order chi connectivity index (χ1) is 16.6. The molecule has 1 aromatic carbocycles. The van der Waals surface area contributed by atoms with Crippen LogP contribution >= 0.6 is 0 Å². The van der Waals surface area contributed by atoms with Crippen LogP contribution in [0, 0.1) is 0 Å². The number of aromatic nitrogens is 3. The SMILES string of the molecule is COc1cncnc1N1CCN(CCCc2c[nH]c3ccc(NC4=NS(=O)N=C4N)cc23)CC1. The first-order valence-corrected chi connectivity index (χ1v) is 12.2. The fourth-order valence-electron chi connectivity index (χ4n) is 4.33. The molecule has 2 aromatic heterocycles. The number of rotatable bonds is 7. The number of methoxy groups -OCH3 is 1. The van der Waals surface area contributed by atoms with Crippen LogP contribution < -0.4 is 20.7 Å². The minimum Gasteiger partial charge on any atom is -0.491 e. The van der Waals surface area contributed by atoms with Crippen LogP contribution in [0.25, 0.3) is 10.9 Å². The highest BCUT2D eigenvalue weighted by molar-refractivity contribution is 7.83. The van der Waals surface area contributed by atoms with Crippen molar-refractivity contribution in [2.45, 2.75) is 12.8 Å². The van der Waals surface area contributed by atoms with Gasteiger partial charge >= 0.3 is 0 Å². The molecule has 0 radical (unpaired) electrons. The third-order valence-electron chi connectivity index (χ3n) is 6.09. The summed E-state index contributed by atoms with van der Waals surface area (Å²) in [4.78, 5) is 16.5. The van der Waals surface area contributed by atoms with Gasteiger partial charge in [0, 0.05) is 49.0 Å². The van der Waals surface area contributed by atoms with Gasteiger partial charge in [-0.2, -0.15) is 0 Å². The first-order valence-electron chi connectivity index (χ1n) is 11.1. The van der Waals surface area contributed by atoms with Crippen molar-refractivity contribution in [2.24, 2.45) is 14.5 Å². The van der Waals surface area contributed by atoms with Gasteiger partial charge in [-0.1, -0.05) is 0 Å². The van der Waals surface area contributed by atoms with E-state index in [2.05, 4.69) is 51.1 Å². The second-order valence-electron chi connectivity index (χ2n) is 8.19. The van der Waals surface area contributed by atoms with Gasteiger partial charge in [0.25, 0.3) is 11.2 Å². The number of anilines is 2. The maximum absolute atomic E-state index is 11.4. The Labute approximate surface area is 199 Å². The zero-order chi connectivity index (χ0) is 23.5. The third-order valence-corrected chi connectivity index (χ3v) is 6.78. The van der Waals surface area contributed by atoms with Crippen molar-refractivity contribution in [2.75, 3.05) is 50.1 Å². The van der Waals surface area contributed by atoms with E-state index in [1.54, 1.807) is 19.6 Å². The first kappa shape index (κ1) is 22.3. The highest BCUT2D eigenvalue weighted by Gasteiger charge is 2.21. The van der Waals surface area contributed by atoms with Gasteiger partial charge in [0.2, 0.25) is 0 Å². The molecule has 2 aliphatic heterocycles. The quantitative estimate of drug-likeness (QED) is 0.462. The second kappa shape index (κ2) is 9.77. The van der Waals surface area contributed by atoms with Gasteiger partial charge in [0.15, 0.2) is 23.2 Å². The molecule has 3 aromatic rings. The van der Waals surface area contributed by atoms with Crippen LogP contribution in [0.1, 0.15) is 12.0 Å². The lowest BCUT2D eigenvalue weighted by atomic mass is 10.1. The molecule has 0 amide bonds. The van der Waals surface area contributed by atoms with Crippen molar-refractivity contribution in [1.82, 2.24) is 19.9 Å². The monoisotopic (exact) mass is 481 g/mol. The summed E-state index contributed by atoms with van der Waals surface area (Å²) in [6.45, 7) is 4.84. The Morgan fingerprint density at radius 2 is 2.09 bits per heavy atom. The number of benzene rings is 1. The maximum atomic E-state index is 11.4. The number of amidine groups is 2. The van der Waals surface area contributed by atoms with Gasteiger partial charge in [-0.3, -0.25) is 4.90 Å². The molecular weight excluding hydrogens is 454 g/mol. The third kappa shape index (κ3) is 4.73. The molecule has 0 aliphatic carbocycles. The van der Waals surface area contributed by atoms with E-state index in [0.717, 1.165) is 68.0 Å². The fraction of sp³-hybridized carbons (Fsp3) is 0.364. The number of nitrogens with one attached hydrogen (secondary N) is 2. The molecule has 0 saturated carbocycles. The molecule has 1 fully saturated rings. The number of nitrogens with zero attached hydrogens (tertiary/aromatic N) is 6. The molecule has 12 heteroatoms. The molecule has 1 unspecified atom stereocenters. The topological polar surface area (TPSA) is 137 Å². The molecule has 0 bridgehead atoms. The van der Waals surface area contributed by atoms with E-state index < -0.39 is 11.2 Å². The van der Waals surface area contributed by atoms with E-state index in [1.165, 1.54) is 5.56 Å². The number of aryl methyl sites for hydroxylation is 1. The van der Waals surface area contributed by atoms with E-state index in [-0.39, 0.29) is 5.84 Å². The number of aromatic amines is 1. The summed E-state index contributed by atoms with van der Waals surface area (Å²) >= 11 is -1.64. The average molecular weight is 482 g/mol. The summed E-state index contributed by atoms with van der Waals surface area (Å²) in [5.74, 6) is 2.08. The van der Waals surface area contributed by atoms with Crippen molar-refractivity contribution in [3.05, 3.63) is 42.5 Å². The van der Waals surface area contributed by atoms with E-state index in [4.69, 9.17) is 10.5 Å². The van der Waals surface area contributed by atoms with Gasteiger partial charge in [0.05, 0.1) is 13.3 Å². The molecule has 4 heterocycles. The van der Waals surface area contributed by atoms with Crippen LogP contribution in [-0.4, -0.2) is 75.6 Å². The lowest BCUT2D eigenvalue weighted by Crippen LogP contribution is -2.47. The highest BCUT2D eigenvalue weighted by Crippen LogP contribution is 2.26. The number of nitrogens with two attached hydrogens (primary N) is 1. The number of hydrogen-bond donors (Lipinski definition) is 3. The molecule has 1 atom stereocenters. The van der Waals surface area contributed by atoms with Gasteiger partial charge in [-0.15, -0.1) is 8.80 Å². The Kier molecular flexibility index (Phi) is 6.41. The van der Waals surface area contributed by atoms with Crippen molar-refractivity contribution >= 4 is 45.3 Å². The van der Waals surface area contributed by atoms with Crippen LogP contribution in [0.3, 0.4) is 0 Å². The molecule has 1 saturated heterocycles. The van der Waals surface area contributed by atoms with E-state index >= 15 is 0 Å².